The maximum Gasteiger partial charge on any atom is 0.481 e. The highest BCUT2D eigenvalue weighted by Crippen LogP contribution is 2.38. The predicted molar refractivity (Wildman–Crippen MR) is 155 cm³/mol. The van der Waals surface area contributed by atoms with E-state index in [4.69, 9.17) is 18.8 Å². The van der Waals surface area contributed by atoms with E-state index in [0.717, 1.165) is 12.8 Å². The van der Waals surface area contributed by atoms with Crippen LogP contribution in [0.3, 0.4) is 0 Å². The van der Waals surface area contributed by atoms with Gasteiger partial charge in [0.1, 0.15) is 6.04 Å². The van der Waals surface area contributed by atoms with Crippen molar-refractivity contribution >= 4 is 24.8 Å². The largest absolute Gasteiger partial charge is 0.481 e. The van der Waals surface area contributed by atoms with Crippen LogP contribution in [-0.4, -0.2) is 92.4 Å². The van der Waals surface area contributed by atoms with E-state index >= 15 is 0 Å². The van der Waals surface area contributed by atoms with Crippen molar-refractivity contribution in [3.8, 4) is 0 Å². The van der Waals surface area contributed by atoms with Gasteiger partial charge in [-0.1, -0.05) is 30.3 Å². The van der Waals surface area contributed by atoms with Crippen LogP contribution in [0, 0.1) is 5.92 Å². The van der Waals surface area contributed by atoms with Crippen molar-refractivity contribution in [3.05, 3.63) is 35.9 Å². The van der Waals surface area contributed by atoms with Gasteiger partial charge in [0.15, 0.2) is 0 Å². The molecule has 3 fully saturated rings. The number of benzene rings is 1. The molecule has 0 aliphatic carbocycles. The minimum absolute atomic E-state index is 0.124. The van der Waals surface area contributed by atoms with Crippen LogP contribution in [0.1, 0.15) is 65.4 Å². The zero-order valence-electron chi connectivity index (χ0n) is 25.0. The van der Waals surface area contributed by atoms with Gasteiger partial charge in [-0.3, -0.25) is 14.4 Å². The molecular weight excluding hydrogens is 525 g/mol. The molecule has 3 aliphatic heterocycles. The number of amides is 3. The number of ether oxygens (including phenoxy) is 2. The number of nitrogens with zero attached hydrogens (tertiary/aromatic N) is 1. The van der Waals surface area contributed by atoms with Crippen LogP contribution in [0.25, 0.3) is 0 Å². The van der Waals surface area contributed by atoms with E-state index in [1.807, 2.05) is 45.9 Å². The molecule has 0 bridgehead atoms. The minimum Gasteiger partial charge on any atom is -0.402 e. The van der Waals surface area contributed by atoms with Gasteiger partial charge in [0.05, 0.1) is 36.8 Å². The van der Waals surface area contributed by atoms with Crippen molar-refractivity contribution in [2.45, 2.75) is 89.4 Å². The first-order valence-electron chi connectivity index (χ1n) is 15.0. The van der Waals surface area contributed by atoms with Gasteiger partial charge in [-0.2, -0.15) is 0 Å². The molecule has 1 aromatic rings. The average Bonchev–Trinajstić information content (AvgIpc) is 3.19. The summed E-state index contributed by atoms with van der Waals surface area (Å²) in [5.74, 6) is -1.53. The molecule has 226 valence electrons. The fourth-order valence-electron chi connectivity index (χ4n) is 5.36. The van der Waals surface area contributed by atoms with Crippen molar-refractivity contribution in [2.24, 2.45) is 5.92 Å². The summed E-state index contributed by atoms with van der Waals surface area (Å²) in [6.07, 6.45) is 3.30. The summed E-state index contributed by atoms with van der Waals surface area (Å²) < 4.78 is 23.4. The molecule has 11 heteroatoms. The highest BCUT2D eigenvalue weighted by molar-refractivity contribution is 6.48. The van der Waals surface area contributed by atoms with Crippen molar-refractivity contribution in [3.63, 3.8) is 0 Å². The zero-order valence-corrected chi connectivity index (χ0v) is 25.0. The molecule has 10 nitrogen and oxygen atoms in total. The Balaban J connectivity index is 1.48. The predicted octanol–water partition coefficient (Wildman–Crippen LogP) is 2.29. The lowest BCUT2D eigenvalue weighted by molar-refractivity contribution is -0.140. The third kappa shape index (κ3) is 8.53. The first kappa shape index (κ1) is 31.5. The molecule has 2 atom stereocenters. The van der Waals surface area contributed by atoms with Gasteiger partial charge < -0.3 is 34.3 Å². The lowest BCUT2D eigenvalue weighted by atomic mass is 9.75. The maximum atomic E-state index is 13.8. The summed E-state index contributed by atoms with van der Waals surface area (Å²) in [4.78, 5) is 41.9. The van der Waals surface area contributed by atoms with Gasteiger partial charge in [-0.15, -0.1) is 0 Å². The number of hydrogen-bond acceptors (Lipinski definition) is 7. The van der Waals surface area contributed by atoms with E-state index in [1.54, 1.807) is 4.90 Å². The molecule has 3 saturated heterocycles. The molecule has 2 N–H and O–H groups in total. The van der Waals surface area contributed by atoms with Gasteiger partial charge in [-0.25, -0.2) is 0 Å². The second-order valence-electron chi connectivity index (χ2n) is 12.3. The molecule has 0 unspecified atom stereocenters. The first-order valence-corrected chi connectivity index (χ1v) is 15.0. The van der Waals surface area contributed by atoms with Crippen molar-refractivity contribution in [2.75, 3.05) is 39.5 Å². The summed E-state index contributed by atoms with van der Waals surface area (Å²) in [6.45, 7) is 10.8. The lowest BCUT2D eigenvalue weighted by Gasteiger charge is -2.32. The average molecular weight is 572 g/mol. The Morgan fingerprint density at radius 2 is 1.54 bits per heavy atom. The number of morpholine rings is 1. The Morgan fingerprint density at radius 3 is 2.17 bits per heavy atom. The molecule has 3 amide bonds. The molecular formula is C30H46BN3O7. The molecule has 1 aromatic carbocycles. The van der Waals surface area contributed by atoms with Crippen LogP contribution >= 0.6 is 0 Å². The Morgan fingerprint density at radius 1 is 0.927 bits per heavy atom. The molecule has 0 aromatic heterocycles. The normalized spacial score (nSPS) is 22.1. The third-order valence-corrected chi connectivity index (χ3v) is 8.72. The van der Waals surface area contributed by atoms with Crippen molar-refractivity contribution < 1.29 is 33.2 Å². The lowest BCUT2D eigenvalue weighted by Crippen LogP contribution is -2.56. The first-order chi connectivity index (χ1) is 19.6. The number of carbonyl (C=O) groups is 3. The maximum absolute atomic E-state index is 13.8. The second kappa shape index (κ2) is 14.1. The fourth-order valence-corrected chi connectivity index (χ4v) is 5.36. The summed E-state index contributed by atoms with van der Waals surface area (Å²) >= 11 is 0. The Labute approximate surface area is 244 Å². The monoisotopic (exact) mass is 571 g/mol. The van der Waals surface area contributed by atoms with Crippen LogP contribution in [0.15, 0.2) is 30.3 Å². The molecule has 4 rings (SSSR count). The topological polar surface area (TPSA) is 115 Å². The van der Waals surface area contributed by atoms with Crippen molar-refractivity contribution in [1.29, 1.82) is 0 Å². The summed E-state index contributed by atoms with van der Waals surface area (Å²) in [6, 6.07) is 9.17. The molecule has 0 saturated carbocycles. The van der Waals surface area contributed by atoms with E-state index in [9.17, 15) is 14.4 Å². The van der Waals surface area contributed by atoms with Crippen LogP contribution in [-0.2, 0) is 39.6 Å². The third-order valence-electron chi connectivity index (χ3n) is 8.72. The van der Waals surface area contributed by atoms with Crippen molar-refractivity contribution in [1.82, 2.24) is 15.5 Å². The number of hydrogen-bond donors (Lipinski definition) is 2. The number of carbonyl (C=O) groups excluding carboxylic acids is 3. The van der Waals surface area contributed by atoms with E-state index in [0.29, 0.717) is 58.8 Å². The highest BCUT2D eigenvalue weighted by atomic mass is 16.7. The molecule has 0 radical (unpaired) electrons. The summed E-state index contributed by atoms with van der Waals surface area (Å²) in [5.41, 5.74) is 0.0794. The summed E-state index contributed by atoms with van der Waals surface area (Å²) in [5, 5.41) is 6.01. The van der Waals surface area contributed by atoms with E-state index in [1.165, 1.54) is 5.56 Å². The molecule has 3 heterocycles. The van der Waals surface area contributed by atoms with E-state index in [2.05, 4.69) is 22.8 Å². The standard InChI is InChI=1S/C30H46BN3O7/c1-29(2)30(3,4)41-31(40-29)25(12-8-11-22-9-6-5-7-10-22)33-28(37)24(21-26(35)34-15-19-39-20-16-34)32-27(36)23-13-17-38-18-14-23/h5-7,9-10,23-25H,8,11-21H2,1-4H3,(H,32,36)(H,33,37)/t24-,25+/m1/s1. The second-order valence-corrected chi connectivity index (χ2v) is 12.3. The zero-order chi connectivity index (χ0) is 29.5. The van der Waals surface area contributed by atoms with E-state index < -0.39 is 36.2 Å². The number of nitrogens with one attached hydrogen (secondary N) is 2. The SMILES string of the molecule is CC1(C)OB([C@H](CCCc2ccccc2)NC(=O)[C@@H](CC(=O)N2CCOCC2)NC(=O)C2CCOCC2)OC1(C)C. The van der Waals surface area contributed by atoms with Gasteiger partial charge >= 0.3 is 7.12 Å². The molecule has 3 aliphatic rings. The quantitative estimate of drug-likeness (QED) is 0.392. The molecule has 41 heavy (non-hydrogen) atoms. The van der Waals surface area contributed by atoms with Crippen LogP contribution in [0.4, 0.5) is 0 Å². The minimum atomic E-state index is -1.01. The number of rotatable bonds is 11. The summed E-state index contributed by atoms with van der Waals surface area (Å²) in [7, 11) is -0.665. The van der Waals surface area contributed by atoms with Gasteiger partial charge in [0.2, 0.25) is 17.7 Å². The van der Waals surface area contributed by atoms with Gasteiger partial charge in [-0.05, 0) is 65.4 Å². The van der Waals surface area contributed by atoms with Crippen LogP contribution in [0.2, 0.25) is 0 Å². The Kier molecular flexibility index (Phi) is 10.8. The smallest absolute Gasteiger partial charge is 0.402 e. The Hall–Kier alpha value is -2.47. The van der Waals surface area contributed by atoms with E-state index in [-0.39, 0.29) is 24.2 Å². The highest BCUT2D eigenvalue weighted by Gasteiger charge is 2.54. The van der Waals surface area contributed by atoms with Gasteiger partial charge in [0, 0.05) is 32.2 Å². The number of aryl methyl sites for hydroxylation is 1. The van der Waals surface area contributed by atoms with Gasteiger partial charge in [0.25, 0.3) is 0 Å². The van der Waals surface area contributed by atoms with Crippen LogP contribution in [0.5, 0.6) is 0 Å². The fraction of sp³-hybridized carbons (Fsp3) is 0.700. The molecule has 0 spiro atoms. The Bertz CT molecular complexity index is 978. The van der Waals surface area contributed by atoms with Crippen LogP contribution < -0.4 is 10.6 Å².